The lowest BCUT2D eigenvalue weighted by atomic mass is 10.3. The van der Waals surface area contributed by atoms with E-state index < -0.39 is 0 Å². The van der Waals surface area contributed by atoms with Gasteiger partial charge in [0.25, 0.3) is 0 Å². The fourth-order valence-corrected chi connectivity index (χ4v) is 2.07. The smallest absolute Gasteiger partial charge is 0.198 e. The third kappa shape index (κ3) is 3.28. The van der Waals surface area contributed by atoms with Crippen LogP contribution in [0.4, 0.5) is 5.69 Å². The van der Waals surface area contributed by atoms with Gasteiger partial charge in [0, 0.05) is 12.5 Å². The average Bonchev–Trinajstić information content (AvgIpc) is 2.94. The highest BCUT2D eigenvalue weighted by Gasteiger charge is 2.07. The van der Waals surface area contributed by atoms with Crippen molar-refractivity contribution in [2.24, 2.45) is 0 Å². The fourth-order valence-electron chi connectivity index (χ4n) is 2.07. The number of pyridine rings is 1. The second kappa shape index (κ2) is 6.34. The first-order valence-corrected chi connectivity index (χ1v) is 7.02. The zero-order valence-electron chi connectivity index (χ0n) is 12.3. The molecule has 0 atom stereocenters. The first-order chi connectivity index (χ1) is 10.7. The van der Waals surface area contributed by atoms with Crippen LogP contribution in [0.5, 0.6) is 11.5 Å². The van der Waals surface area contributed by atoms with Gasteiger partial charge in [-0.05, 0) is 30.7 Å². The minimum atomic E-state index is 0.568. The molecule has 0 radical (unpaired) electrons. The Kier molecular flexibility index (Phi) is 4.09. The predicted octanol–water partition coefficient (Wildman–Crippen LogP) is 2.83. The molecule has 0 fully saturated rings. The quantitative estimate of drug-likeness (QED) is 0.705. The molecule has 2 N–H and O–H groups in total. The monoisotopic (exact) mass is 299 g/mol. The van der Waals surface area contributed by atoms with Gasteiger partial charge in [-0.3, -0.25) is 0 Å². The van der Waals surface area contributed by atoms with Crippen LogP contribution >= 0.6 is 0 Å². The number of fused-ring (bicyclic) bond motifs is 1. The number of aryl methyl sites for hydroxylation is 1. The summed E-state index contributed by atoms with van der Waals surface area (Å²) in [6.07, 6.45) is 3.06. The normalized spacial score (nSPS) is 10.8. The van der Waals surface area contributed by atoms with Crippen molar-refractivity contribution in [2.45, 2.75) is 12.8 Å². The number of methoxy groups -OCH3 is 1. The molecule has 114 valence electrons. The Hall–Kier alpha value is -2.76. The summed E-state index contributed by atoms with van der Waals surface area (Å²) in [6.45, 7) is 0.584. The zero-order chi connectivity index (χ0) is 15.4. The number of hydrogen-bond acceptors (Lipinski definition) is 6. The van der Waals surface area contributed by atoms with Crippen molar-refractivity contribution >= 4 is 16.9 Å². The topological polar surface area (TPSA) is 83.4 Å². The summed E-state index contributed by atoms with van der Waals surface area (Å²) in [6, 6.07) is 9.22. The zero-order valence-corrected chi connectivity index (χ0v) is 12.3. The molecule has 2 aromatic heterocycles. The number of ether oxygens (including phenoxy) is 2. The van der Waals surface area contributed by atoms with Crippen LogP contribution in [0.2, 0.25) is 0 Å². The molecule has 3 rings (SSSR count). The number of aromatic nitrogens is 2. The number of rotatable bonds is 6. The van der Waals surface area contributed by atoms with Gasteiger partial charge in [0.15, 0.2) is 17.1 Å². The van der Waals surface area contributed by atoms with Crippen LogP contribution < -0.4 is 15.2 Å². The van der Waals surface area contributed by atoms with E-state index in [1.54, 1.807) is 19.4 Å². The number of hydrogen-bond donors (Lipinski definition) is 1. The van der Waals surface area contributed by atoms with E-state index in [2.05, 4.69) is 9.97 Å². The Morgan fingerprint density at radius 2 is 1.95 bits per heavy atom. The van der Waals surface area contributed by atoms with Crippen LogP contribution in [0.1, 0.15) is 12.3 Å². The van der Waals surface area contributed by atoms with Crippen LogP contribution in [-0.2, 0) is 6.42 Å². The van der Waals surface area contributed by atoms with E-state index in [1.807, 2.05) is 24.3 Å². The molecule has 6 nitrogen and oxygen atoms in total. The molecule has 1 aromatic carbocycles. The highest BCUT2D eigenvalue weighted by Crippen LogP contribution is 2.18. The van der Waals surface area contributed by atoms with Gasteiger partial charge in [-0.15, -0.1) is 0 Å². The molecule has 0 spiro atoms. The molecule has 0 aliphatic rings. The van der Waals surface area contributed by atoms with Gasteiger partial charge in [0.1, 0.15) is 11.5 Å². The van der Waals surface area contributed by atoms with E-state index in [-0.39, 0.29) is 0 Å². The lowest BCUT2D eigenvalue weighted by Gasteiger charge is -2.06. The first kappa shape index (κ1) is 14.2. The third-order valence-corrected chi connectivity index (χ3v) is 3.18. The Morgan fingerprint density at radius 3 is 2.73 bits per heavy atom. The molecule has 0 unspecified atom stereocenters. The van der Waals surface area contributed by atoms with Crippen LogP contribution in [-0.4, -0.2) is 23.7 Å². The van der Waals surface area contributed by atoms with E-state index in [0.29, 0.717) is 35.8 Å². The standard InChI is InChI=1S/C16H17N3O3/c1-20-12-4-6-13(7-5-12)21-8-2-3-15-19-16-14(22-15)9-11(17)10-18-16/h4-7,9-10H,2-3,8,17H2,1H3. The number of nitrogen functional groups attached to an aromatic ring is 1. The lowest BCUT2D eigenvalue weighted by molar-refractivity contribution is 0.305. The molecule has 3 aromatic rings. The van der Waals surface area contributed by atoms with Gasteiger partial charge in [0.05, 0.1) is 25.6 Å². The van der Waals surface area contributed by atoms with Crippen molar-refractivity contribution < 1.29 is 13.9 Å². The minimum absolute atomic E-state index is 0.568. The minimum Gasteiger partial charge on any atom is -0.497 e. The Labute approximate surface area is 127 Å². The van der Waals surface area contributed by atoms with Crippen molar-refractivity contribution in [1.29, 1.82) is 0 Å². The predicted molar refractivity (Wildman–Crippen MR) is 83.0 cm³/mol. The molecule has 0 aliphatic carbocycles. The van der Waals surface area contributed by atoms with Gasteiger partial charge >= 0.3 is 0 Å². The number of oxazole rings is 1. The van der Waals surface area contributed by atoms with Crippen LogP contribution in [0.3, 0.4) is 0 Å². The molecule has 0 aliphatic heterocycles. The summed E-state index contributed by atoms with van der Waals surface area (Å²) in [5, 5.41) is 0. The van der Waals surface area contributed by atoms with Crippen molar-refractivity contribution in [1.82, 2.24) is 9.97 Å². The van der Waals surface area contributed by atoms with E-state index in [0.717, 1.165) is 17.9 Å². The Morgan fingerprint density at radius 1 is 1.18 bits per heavy atom. The SMILES string of the molecule is COc1ccc(OCCCc2nc3ncc(N)cc3o2)cc1. The van der Waals surface area contributed by atoms with Crippen molar-refractivity contribution in [3.63, 3.8) is 0 Å². The summed E-state index contributed by atoms with van der Waals surface area (Å²) < 4.78 is 16.4. The number of anilines is 1. The maximum Gasteiger partial charge on any atom is 0.198 e. The van der Waals surface area contributed by atoms with Gasteiger partial charge in [-0.2, -0.15) is 4.98 Å². The van der Waals surface area contributed by atoms with Gasteiger partial charge in [-0.1, -0.05) is 0 Å². The van der Waals surface area contributed by atoms with E-state index in [1.165, 1.54) is 0 Å². The van der Waals surface area contributed by atoms with Crippen molar-refractivity contribution in [2.75, 3.05) is 19.5 Å². The van der Waals surface area contributed by atoms with Crippen LogP contribution in [0.15, 0.2) is 40.9 Å². The molecule has 2 heterocycles. The van der Waals surface area contributed by atoms with Crippen molar-refractivity contribution in [3.8, 4) is 11.5 Å². The van der Waals surface area contributed by atoms with Gasteiger partial charge < -0.3 is 19.6 Å². The molecular weight excluding hydrogens is 282 g/mol. The summed E-state index contributed by atoms with van der Waals surface area (Å²) in [5.74, 6) is 2.27. The molecule has 6 heteroatoms. The lowest BCUT2D eigenvalue weighted by Crippen LogP contribution is -1.99. The number of benzene rings is 1. The molecule has 0 saturated heterocycles. The third-order valence-electron chi connectivity index (χ3n) is 3.18. The second-order valence-corrected chi connectivity index (χ2v) is 4.83. The molecular formula is C16H17N3O3. The molecule has 0 amide bonds. The maximum absolute atomic E-state index is 5.66. The van der Waals surface area contributed by atoms with E-state index >= 15 is 0 Å². The average molecular weight is 299 g/mol. The summed E-state index contributed by atoms with van der Waals surface area (Å²) in [5.41, 5.74) is 7.43. The highest BCUT2D eigenvalue weighted by atomic mass is 16.5. The number of nitrogens with zero attached hydrogens (tertiary/aromatic N) is 2. The Bertz CT molecular complexity index is 753. The fraction of sp³-hybridized carbons (Fsp3) is 0.250. The van der Waals surface area contributed by atoms with Crippen molar-refractivity contribution in [3.05, 3.63) is 42.4 Å². The largest absolute Gasteiger partial charge is 0.497 e. The van der Waals surface area contributed by atoms with E-state index in [9.17, 15) is 0 Å². The molecule has 0 bridgehead atoms. The highest BCUT2D eigenvalue weighted by molar-refractivity contribution is 5.71. The van der Waals surface area contributed by atoms with Crippen LogP contribution in [0, 0.1) is 0 Å². The summed E-state index contributed by atoms with van der Waals surface area (Å²) in [7, 11) is 1.64. The molecule has 22 heavy (non-hydrogen) atoms. The second-order valence-electron chi connectivity index (χ2n) is 4.83. The van der Waals surface area contributed by atoms with E-state index in [4.69, 9.17) is 19.6 Å². The summed E-state index contributed by atoms with van der Waals surface area (Å²) in [4.78, 5) is 8.44. The first-order valence-electron chi connectivity index (χ1n) is 7.02. The maximum atomic E-state index is 5.66. The van der Waals surface area contributed by atoms with Gasteiger partial charge in [-0.25, -0.2) is 4.98 Å². The molecule has 0 saturated carbocycles. The van der Waals surface area contributed by atoms with Gasteiger partial charge in [0.2, 0.25) is 0 Å². The summed E-state index contributed by atoms with van der Waals surface area (Å²) >= 11 is 0. The number of nitrogens with two attached hydrogens (primary N) is 1. The van der Waals surface area contributed by atoms with Crippen LogP contribution in [0.25, 0.3) is 11.2 Å². The Balaban J connectivity index is 1.51.